The second-order valence-corrected chi connectivity index (χ2v) is 11.6. The maximum atomic E-state index is 14.4. The fourth-order valence-electron chi connectivity index (χ4n) is 6.23. The van der Waals surface area contributed by atoms with Crippen molar-refractivity contribution in [1.29, 1.82) is 0 Å². The summed E-state index contributed by atoms with van der Waals surface area (Å²) in [5.74, 6) is -0.173. The number of nitrogens with one attached hydrogen (secondary N) is 1. The van der Waals surface area contributed by atoms with Crippen molar-refractivity contribution >= 4 is 17.5 Å². The molecule has 0 spiro atoms. The number of likely N-dealkylation sites (tertiary alicyclic amines) is 1. The fourth-order valence-corrected chi connectivity index (χ4v) is 6.23. The number of aromatic nitrogens is 1. The molecule has 2 aromatic carbocycles. The van der Waals surface area contributed by atoms with Crippen LogP contribution >= 0.6 is 0 Å². The summed E-state index contributed by atoms with van der Waals surface area (Å²) >= 11 is 0. The van der Waals surface area contributed by atoms with E-state index in [-0.39, 0.29) is 47.7 Å². The summed E-state index contributed by atoms with van der Waals surface area (Å²) in [6, 6.07) is 18.1. The molecular formula is C34H41N3O5. The monoisotopic (exact) mass is 571 g/mol. The number of rotatable bonds is 12. The van der Waals surface area contributed by atoms with E-state index in [1.807, 2.05) is 55.5 Å². The third-order valence-corrected chi connectivity index (χ3v) is 8.82. The highest BCUT2D eigenvalue weighted by molar-refractivity contribution is 6.07. The van der Waals surface area contributed by atoms with E-state index in [2.05, 4.69) is 10.3 Å². The molecule has 0 unspecified atom stereocenters. The van der Waals surface area contributed by atoms with Crippen molar-refractivity contribution in [2.45, 2.75) is 76.7 Å². The lowest BCUT2D eigenvalue weighted by Crippen LogP contribution is -2.43. The van der Waals surface area contributed by atoms with Gasteiger partial charge in [0.25, 0.3) is 0 Å². The van der Waals surface area contributed by atoms with Gasteiger partial charge in [-0.25, -0.2) is 4.98 Å². The molecule has 1 N–H and O–H groups in total. The van der Waals surface area contributed by atoms with Gasteiger partial charge in [0.2, 0.25) is 17.6 Å². The van der Waals surface area contributed by atoms with E-state index in [1.54, 1.807) is 24.1 Å². The van der Waals surface area contributed by atoms with Gasteiger partial charge in [0.05, 0.1) is 18.8 Å². The first-order valence-electron chi connectivity index (χ1n) is 15.2. The standard InChI is InChI=1S/C34H41N3O5/c1-23(35-2)31(38)19-28(25-14-8-4-9-15-25)34(40)37-20-27(41-21-24-12-6-3-7-13-24)18-30(37)33-36-29(22-42-33)32(39)26-16-10-5-11-17-26/h3,5-7,10-13,16-17,22-23,25,27-28,30,35H,4,8-9,14-15,18-21H2,1-2H3/t23-,27+,28-,30-/m0/s1. The molecule has 2 fully saturated rings. The number of amides is 1. The van der Waals surface area contributed by atoms with Gasteiger partial charge in [-0.05, 0) is 38.3 Å². The van der Waals surface area contributed by atoms with Gasteiger partial charge in [-0.1, -0.05) is 79.9 Å². The molecule has 1 saturated heterocycles. The first-order valence-corrected chi connectivity index (χ1v) is 15.2. The Labute approximate surface area is 247 Å². The molecule has 4 atom stereocenters. The molecule has 8 nitrogen and oxygen atoms in total. The summed E-state index contributed by atoms with van der Waals surface area (Å²) < 4.78 is 12.2. The molecule has 2 aliphatic rings. The van der Waals surface area contributed by atoms with Gasteiger partial charge in [-0.3, -0.25) is 14.4 Å². The van der Waals surface area contributed by atoms with Crippen LogP contribution in [-0.2, 0) is 20.9 Å². The number of nitrogens with zero attached hydrogens (tertiary/aromatic N) is 2. The smallest absolute Gasteiger partial charge is 0.227 e. The van der Waals surface area contributed by atoms with Gasteiger partial charge in [0.1, 0.15) is 23.8 Å². The predicted octanol–water partition coefficient (Wildman–Crippen LogP) is 5.53. The molecule has 1 aromatic heterocycles. The number of benzene rings is 2. The molecule has 2 heterocycles. The van der Waals surface area contributed by atoms with E-state index in [9.17, 15) is 14.4 Å². The molecule has 222 valence electrons. The number of ether oxygens (including phenoxy) is 1. The lowest BCUT2D eigenvalue weighted by atomic mass is 9.76. The van der Waals surface area contributed by atoms with Crippen molar-refractivity contribution in [2.24, 2.45) is 11.8 Å². The summed E-state index contributed by atoms with van der Waals surface area (Å²) in [6.45, 7) is 2.64. The quantitative estimate of drug-likeness (QED) is 0.285. The van der Waals surface area contributed by atoms with Crippen LogP contribution in [0.1, 0.15) is 85.4 Å². The van der Waals surface area contributed by atoms with Crippen molar-refractivity contribution in [3.8, 4) is 0 Å². The highest BCUT2D eigenvalue weighted by Gasteiger charge is 2.44. The Morgan fingerprint density at radius 3 is 2.40 bits per heavy atom. The van der Waals surface area contributed by atoms with Crippen LogP contribution in [-0.4, -0.2) is 53.1 Å². The Morgan fingerprint density at radius 1 is 1.02 bits per heavy atom. The van der Waals surface area contributed by atoms with Crippen LogP contribution in [0.4, 0.5) is 0 Å². The maximum absolute atomic E-state index is 14.4. The van der Waals surface area contributed by atoms with Crippen LogP contribution in [0, 0.1) is 11.8 Å². The number of carbonyl (C=O) groups is 3. The fraction of sp³-hybridized carbons (Fsp3) is 0.471. The Morgan fingerprint density at radius 2 is 1.71 bits per heavy atom. The highest BCUT2D eigenvalue weighted by atomic mass is 16.5. The first kappa shape index (κ1) is 29.9. The Bertz CT molecular complexity index is 1340. The highest BCUT2D eigenvalue weighted by Crippen LogP contribution is 2.39. The molecule has 8 heteroatoms. The van der Waals surface area contributed by atoms with Crippen molar-refractivity contribution < 1.29 is 23.5 Å². The molecule has 0 radical (unpaired) electrons. The van der Waals surface area contributed by atoms with Crippen molar-refractivity contribution in [3.63, 3.8) is 0 Å². The van der Waals surface area contributed by atoms with Gasteiger partial charge in [-0.2, -0.15) is 0 Å². The number of oxazole rings is 1. The number of likely N-dealkylation sites (N-methyl/N-ethyl adjacent to an activating group) is 1. The Kier molecular flexibility index (Phi) is 9.97. The molecule has 0 bridgehead atoms. The van der Waals surface area contributed by atoms with Crippen molar-refractivity contribution in [1.82, 2.24) is 15.2 Å². The third kappa shape index (κ3) is 7.05. The minimum absolute atomic E-state index is 0.0425. The van der Waals surface area contributed by atoms with Crippen molar-refractivity contribution in [2.75, 3.05) is 13.6 Å². The molecule has 5 rings (SSSR count). The van der Waals surface area contributed by atoms with E-state index < -0.39 is 12.0 Å². The zero-order chi connectivity index (χ0) is 29.5. The van der Waals surface area contributed by atoms with E-state index in [1.165, 1.54) is 6.26 Å². The minimum Gasteiger partial charge on any atom is -0.446 e. The molecule has 1 aliphatic carbocycles. The topological polar surface area (TPSA) is 102 Å². The largest absolute Gasteiger partial charge is 0.446 e. The SMILES string of the molecule is CN[C@@H](C)C(=O)C[C@H](C(=O)N1C[C@H](OCc2ccccc2)C[C@H]1c1nc(C(=O)c2ccccc2)co1)C1CCCCC1. The van der Waals surface area contributed by atoms with Crippen LogP contribution < -0.4 is 5.32 Å². The van der Waals surface area contributed by atoms with Crippen LogP contribution in [0.5, 0.6) is 0 Å². The summed E-state index contributed by atoms with van der Waals surface area (Å²) in [7, 11) is 1.77. The summed E-state index contributed by atoms with van der Waals surface area (Å²) in [5, 5.41) is 3.03. The van der Waals surface area contributed by atoms with Gasteiger partial charge in [0.15, 0.2) is 0 Å². The minimum atomic E-state index is -0.487. The molecule has 3 aromatic rings. The lowest BCUT2D eigenvalue weighted by Gasteiger charge is -2.34. The molecule has 42 heavy (non-hydrogen) atoms. The van der Waals surface area contributed by atoms with Crippen LogP contribution in [0.25, 0.3) is 0 Å². The van der Waals surface area contributed by atoms with Gasteiger partial charge >= 0.3 is 0 Å². The van der Waals surface area contributed by atoms with Gasteiger partial charge in [0, 0.05) is 30.9 Å². The molecule has 1 saturated carbocycles. The first-order chi connectivity index (χ1) is 20.4. The molecule has 1 aliphatic heterocycles. The summed E-state index contributed by atoms with van der Waals surface area (Å²) in [6.07, 6.45) is 7.03. The third-order valence-electron chi connectivity index (χ3n) is 8.82. The van der Waals surface area contributed by atoms with Gasteiger partial charge < -0.3 is 19.4 Å². The lowest BCUT2D eigenvalue weighted by molar-refractivity contribution is -0.142. The molecular weight excluding hydrogens is 530 g/mol. The Hall–Kier alpha value is -3.62. The maximum Gasteiger partial charge on any atom is 0.227 e. The van der Waals surface area contributed by atoms with Crippen LogP contribution in [0.3, 0.4) is 0 Å². The zero-order valence-corrected chi connectivity index (χ0v) is 24.5. The van der Waals surface area contributed by atoms with E-state index in [4.69, 9.17) is 9.15 Å². The summed E-state index contributed by atoms with van der Waals surface area (Å²) in [4.78, 5) is 47.0. The van der Waals surface area contributed by atoms with Gasteiger partial charge in [-0.15, -0.1) is 0 Å². The Balaban J connectivity index is 1.41. The zero-order valence-electron chi connectivity index (χ0n) is 24.5. The number of Topliss-reactive ketones (excluding diaryl/α,β-unsaturated/α-hetero) is 1. The predicted molar refractivity (Wildman–Crippen MR) is 159 cm³/mol. The van der Waals surface area contributed by atoms with E-state index >= 15 is 0 Å². The second kappa shape index (κ2) is 14.0. The number of ketones is 2. The summed E-state index contributed by atoms with van der Waals surface area (Å²) in [5.41, 5.74) is 1.78. The number of hydrogen-bond acceptors (Lipinski definition) is 7. The normalized spacial score (nSPS) is 20.8. The van der Waals surface area contributed by atoms with Crippen LogP contribution in [0.15, 0.2) is 71.3 Å². The van der Waals surface area contributed by atoms with E-state index in [0.29, 0.717) is 31.0 Å². The van der Waals surface area contributed by atoms with E-state index in [0.717, 1.165) is 37.7 Å². The average Bonchev–Trinajstić information content (AvgIpc) is 3.71. The number of carbonyl (C=O) groups excluding carboxylic acids is 3. The van der Waals surface area contributed by atoms with Crippen LogP contribution in [0.2, 0.25) is 0 Å². The van der Waals surface area contributed by atoms with Crippen molar-refractivity contribution in [3.05, 3.63) is 89.6 Å². The molecule has 1 amide bonds. The number of hydrogen-bond donors (Lipinski definition) is 1. The average molecular weight is 572 g/mol. The second-order valence-electron chi connectivity index (χ2n) is 11.6.